The van der Waals surface area contributed by atoms with Crippen LogP contribution >= 0.6 is 0 Å². The number of hydrogen-bond donors (Lipinski definition) is 1. The maximum atomic E-state index is 11.5. The van der Waals surface area contributed by atoms with Gasteiger partial charge in [0, 0.05) is 6.42 Å². The van der Waals surface area contributed by atoms with E-state index in [0.29, 0.717) is 92.3 Å². The van der Waals surface area contributed by atoms with Crippen molar-refractivity contribution in [2.75, 3.05) is 92.5 Å². The topological polar surface area (TPSA) is 102 Å². The summed E-state index contributed by atoms with van der Waals surface area (Å²) in [7, 11) is 0. The summed E-state index contributed by atoms with van der Waals surface area (Å²) in [6.45, 7) is 8.13. The second-order valence-electron chi connectivity index (χ2n) is 6.78. The van der Waals surface area contributed by atoms with Crippen LogP contribution in [0.1, 0.15) is 45.4 Å². The second-order valence-corrected chi connectivity index (χ2v) is 6.78. The fourth-order valence-electron chi connectivity index (χ4n) is 2.43. The highest BCUT2D eigenvalue weighted by molar-refractivity contribution is 5.69. The molecule has 0 aliphatic carbocycles. The van der Waals surface area contributed by atoms with Gasteiger partial charge in [-0.1, -0.05) is 32.6 Å². The van der Waals surface area contributed by atoms with Crippen molar-refractivity contribution in [1.29, 1.82) is 0 Å². The van der Waals surface area contributed by atoms with Gasteiger partial charge < -0.3 is 38.3 Å². The molecule has 0 unspecified atom stereocenters. The molecule has 0 spiro atoms. The summed E-state index contributed by atoms with van der Waals surface area (Å²) < 4.78 is 37.0. The molecule has 0 aliphatic heterocycles. The lowest BCUT2D eigenvalue weighted by molar-refractivity contribution is -0.145. The number of esters is 1. The molecule has 0 heterocycles. The van der Waals surface area contributed by atoms with Crippen LogP contribution in [0.2, 0.25) is 0 Å². The largest absolute Gasteiger partial charge is 0.463 e. The predicted molar refractivity (Wildman–Crippen MR) is 116 cm³/mol. The van der Waals surface area contributed by atoms with Crippen LogP contribution in [-0.2, 0) is 38.0 Å². The minimum atomic E-state index is -0.145. The Hall–Kier alpha value is -0.810. The molecule has 0 bridgehead atoms. The summed E-state index contributed by atoms with van der Waals surface area (Å²) in [5.41, 5.74) is 0. The highest BCUT2D eigenvalue weighted by Crippen LogP contribution is 2.05. The van der Waals surface area contributed by atoms with Crippen LogP contribution in [0, 0.1) is 0 Å². The van der Waals surface area contributed by atoms with E-state index in [0.717, 1.165) is 12.8 Å². The fourth-order valence-corrected chi connectivity index (χ4v) is 2.43. The molecular formula is C22H44O9. The van der Waals surface area contributed by atoms with E-state index >= 15 is 0 Å². The van der Waals surface area contributed by atoms with Gasteiger partial charge in [0.25, 0.3) is 0 Å². The summed E-state index contributed by atoms with van der Waals surface area (Å²) in [6, 6.07) is 0. The monoisotopic (exact) mass is 452 g/mol. The number of aliphatic hydroxyl groups excluding tert-OH is 1. The Kier molecular flexibility index (Phi) is 26.5. The van der Waals surface area contributed by atoms with Crippen LogP contribution in [0.15, 0.2) is 0 Å². The smallest absolute Gasteiger partial charge is 0.305 e. The number of unbranched alkanes of at least 4 members (excludes halogenated alkanes) is 4. The molecule has 31 heavy (non-hydrogen) atoms. The van der Waals surface area contributed by atoms with Gasteiger partial charge in [0.15, 0.2) is 0 Å². The van der Waals surface area contributed by atoms with Gasteiger partial charge in [0.2, 0.25) is 0 Å². The Bertz CT molecular complexity index is 356. The number of carbonyl (C=O) groups is 1. The van der Waals surface area contributed by atoms with Crippen LogP contribution in [0.4, 0.5) is 0 Å². The summed E-state index contributed by atoms with van der Waals surface area (Å²) in [5, 5.41) is 8.54. The van der Waals surface area contributed by atoms with E-state index < -0.39 is 0 Å². The first-order valence-corrected chi connectivity index (χ1v) is 11.5. The molecule has 0 aromatic rings. The fraction of sp³-hybridized carbons (Fsp3) is 0.955. The molecule has 0 saturated carbocycles. The number of carbonyl (C=O) groups excluding carboxylic acids is 1. The first-order valence-electron chi connectivity index (χ1n) is 11.5. The van der Waals surface area contributed by atoms with Gasteiger partial charge in [0.05, 0.1) is 85.9 Å². The lowest BCUT2D eigenvalue weighted by Crippen LogP contribution is -2.15. The van der Waals surface area contributed by atoms with Crippen LogP contribution in [0.3, 0.4) is 0 Å². The molecule has 0 saturated heterocycles. The van der Waals surface area contributed by atoms with Crippen molar-refractivity contribution in [1.82, 2.24) is 0 Å². The molecule has 0 aliphatic rings. The maximum Gasteiger partial charge on any atom is 0.305 e. The third kappa shape index (κ3) is 27.2. The highest BCUT2D eigenvalue weighted by atomic mass is 16.6. The molecule has 0 rings (SSSR count). The van der Waals surface area contributed by atoms with Crippen molar-refractivity contribution in [3.8, 4) is 0 Å². The summed E-state index contributed by atoms with van der Waals surface area (Å²) in [5.74, 6) is -0.145. The number of rotatable bonds is 26. The average Bonchev–Trinajstić information content (AvgIpc) is 2.77. The predicted octanol–water partition coefficient (Wildman–Crippen LogP) is 1.98. The molecule has 9 nitrogen and oxygen atoms in total. The van der Waals surface area contributed by atoms with Gasteiger partial charge in [-0.15, -0.1) is 0 Å². The first kappa shape index (κ1) is 30.2. The van der Waals surface area contributed by atoms with Gasteiger partial charge in [-0.25, -0.2) is 0 Å². The van der Waals surface area contributed by atoms with Crippen LogP contribution < -0.4 is 0 Å². The van der Waals surface area contributed by atoms with Crippen LogP contribution in [0.5, 0.6) is 0 Å². The zero-order valence-electron chi connectivity index (χ0n) is 19.4. The normalized spacial score (nSPS) is 11.2. The van der Waals surface area contributed by atoms with Crippen molar-refractivity contribution in [3.63, 3.8) is 0 Å². The Balaban J connectivity index is 3.08. The quantitative estimate of drug-likeness (QED) is 0.156. The average molecular weight is 453 g/mol. The van der Waals surface area contributed by atoms with Crippen LogP contribution in [-0.4, -0.2) is 104 Å². The molecule has 9 heteroatoms. The summed E-state index contributed by atoms with van der Waals surface area (Å²) >= 11 is 0. The van der Waals surface area contributed by atoms with Crippen molar-refractivity contribution >= 4 is 5.97 Å². The zero-order chi connectivity index (χ0) is 22.7. The van der Waals surface area contributed by atoms with E-state index in [1.165, 1.54) is 19.3 Å². The van der Waals surface area contributed by atoms with E-state index in [9.17, 15) is 4.79 Å². The summed E-state index contributed by atoms with van der Waals surface area (Å²) in [6.07, 6.45) is 6.10. The minimum Gasteiger partial charge on any atom is -0.463 e. The van der Waals surface area contributed by atoms with Crippen molar-refractivity contribution in [2.45, 2.75) is 45.4 Å². The van der Waals surface area contributed by atoms with E-state index in [1.54, 1.807) is 0 Å². The van der Waals surface area contributed by atoms with E-state index in [-0.39, 0.29) is 12.6 Å². The Morgan fingerprint density at radius 3 is 1.35 bits per heavy atom. The number of hydrogen-bond acceptors (Lipinski definition) is 9. The Morgan fingerprint density at radius 1 is 0.548 bits per heavy atom. The van der Waals surface area contributed by atoms with Gasteiger partial charge in [-0.05, 0) is 6.42 Å². The zero-order valence-corrected chi connectivity index (χ0v) is 19.4. The molecular weight excluding hydrogens is 408 g/mol. The van der Waals surface area contributed by atoms with Gasteiger partial charge >= 0.3 is 5.97 Å². The van der Waals surface area contributed by atoms with Gasteiger partial charge in [-0.2, -0.15) is 0 Å². The number of aliphatic hydroxyl groups is 1. The van der Waals surface area contributed by atoms with Crippen molar-refractivity contribution < 1.29 is 43.1 Å². The molecule has 0 atom stereocenters. The number of ether oxygens (including phenoxy) is 7. The molecule has 0 aromatic heterocycles. The molecule has 186 valence electrons. The summed E-state index contributed by atoms with van der Waals surface area (Å²) in [4.78, 5) is 11.5. The Labute approximate surface area is 187 Å². The van der Waals surface area contributed by atoms with E-state index in [1.807, 2.05) is 0 Å². The molecule has 0 fully saturated rings. The third-order valence-electron chi connectivity index (χ3n) is 4.07. The minimum absolute atomic E-state index is 0.0277. The third-order valence-corrected chi connectivity index (χ3v) is 4.07. The van der Waals surface area contributed by atoms with Gasteiger partial charge in [0.1, 0.15) is 6.61 Å². The standard InChI is InChI=1S/C22H44O9/c1-2-3-4-5-6-7-22(24)31-21-20-30-19-18-29-17-16-28-15-14-27-13-12-26-11-10-25-9-8-23/h23H,2-21H2,1H3. The lowest BCUT2D eigenvalue weighted by Gasteiger charge is -2.08. The van der Waals surface area contributed by atoms with E-state index in [2.05, 4.69) is 6.92 Å². The molecule has 1 N–H and O–H groups in total. The van der Waals surface area contributed by atoms with Gasteiger partial charge in [-0.3, -0.25) is 4.79 Å². The second kappa shape index (κ2) is 27.2. The molecule has 0 aromatic carbocycles. The van der Waals surface area contributed by atoms with Crippen molar-refractivity contribution in [2.24, 2.45) is 0 Å². The Morgan fingerprint density at radius 2 is 0.935 bits per heavy atom. The van der Waals surface area contributed by atoms with Crippen molar-refractivity contribution in [3.05, 3.63) is 0 Å². The molecule has 0 radical (unpaired) electrons. The molecule has 0 amide bonds. The maximum absolute atomic E-state index is 11.5. The van der Waals surface area contributed by atoms with E-state index in [4.69, 9.17) is 38.3 Å². The highest BCUT2D eigenvalue weighted by Gasteiger charge is 2.02. The lowest BCUT2D eigenvalue weighted by atomic mass is 10.1. The van der Waals surface area contributed by atoms with Crippen LogP contribution in [0.25, 0.3) is 0 Å². The SMILES string of the molecule is CCCCCCCC(=O)OCCOCCOCCOCCOCCOCCOCCO. The first-order chi connectivity index (χ1) is 15.3.